The van der Waals surface area contributed by atoms with Crippen LogP contribution in [0.5, 0.6) is 5.75 Å². The van der Waals surface area contributed by atoms with Gasteiger partial charge in [0.25, 0.3) is 0 Å². The van der Waals surface area contributed by atoms with Crippen molar-refractivity contribution in [2.75, 3.05) is 19.7 Å². The maximum atomic E-state index is 13.1. The first kappa shape index (κ1) is 15.4. The Kier molecular flexibility index (Phi) is 7.28. The molecule has 0 unspecified atom stereocenters. The Balaban J connectivity index is 2.10. The molecule has 0 bridgehead atoms. The highest BCUT2D eigenvalue weighted by atomic mass is 79.9. The monoisotopic (exact) mass is 317 g/mol. The summed E-state index contributed by atoms with van der Waals surface area (Å²) in [6.45, 7) is 6.80. The summed E-state index contributed by atoms with van der Waals surface area (Å²) in [6.07, 6.45) is 2.42. The van der Waals surface area contributed by atoms with Gasteiger partial charge in [0.1, 0.15) is 18.2 Å². The molecule has 18 heavy (non-hydrogen) atoms. The van der Waals surface area contributed by atoms with E-state index in [4.69, 9.17) is 4.74 Å². The summed E-state index contributed by atoms with van der Waals surface area (Å²) in [5.41, 5.74) is 0. The molecule has 0 aliphatic carbocycles. The average molecular weight is 318 g/mol. The van der Waals surface area contributed by atoms with E-state index >= 15 is 0 Å². The minimum Gasteiger partial charge on any atom is -0.492 e. The zero-order chi connectivity index (χ0) is 13.4. The van der Waals surface area contributed by atoms with Crippen LogP contribution in [-0.2, 0) is 0 Å². The van der Waals surface area contributed by atoms with Crippen LogP contribution in [0.1, 0.15) is 26.7 Å². The van der Waals surface area contributed by atoms with Crippen LogP contribution < -0.4 is 10.1 Å². The summed E-state index contributed by atoms with van der Waals surface area (Å²) in [5.74, 6) is 1.03. The highest BCUT2D eigenvalue weighted by Crippen LogP contribution is 2.20. The van der Waals surface area contributed by atoms with Crippen molar-refractivity contribution < 1.29 is 9.13 Å². The molecule has 1 aromatic carbocycles. The second kappa shape index (κ2) is 8.48. The minimum absolute atomic E-state index is 0.288. The molecule has 102 valence electrons. The van der Waals surface area contributed by atoms with E-state index < -0.39 is 0 Å². The maximum Gasteiger partial charge on any atom is 0.128 e. The zero-order valence-corrected chi connectivity index (χ0v) is 12.6. The van der Waals surface area contributed by atoms with Crippen LogP contribution in [0.25, 0.3) is 0 Å². The molecule has 1 N–H and O–H groups in total. The standard InChI is InChI=1S/C14H21BrFNO/c1-11(2)4-3-5-17-6-7-18-14-9-12(15)8-13(16)10-14/h8-11,17H,3-7H2,1-2H3. The number of benzene rings is 1. The van der Waals surface area contributed by atoms with E-state index in [0.29, 0.717) is 16.8 Å². The molecule has 0 amide bonds. The maximum absolute atomic E-state index is 13.1. The SMILES string of the molecule is CC(C)CCCNCCOc1cc(F)cc(Br)c1. The van der Waals surface area contributed by atoms with Crippen LogP contribution in [0.2, 0.25) is 0 Å². The van der Waals surface area contributed by atoms with E-state index in [1.807, 2.05) is 0 Å². The lowest BCUT2D eigenvalue weighted by molar-refractivity contribution is 0.311. The van der Waals surface area contributed by atoms with Crippen LogP contribution >= 0.6 is 15.9 Å². The molecule has 0 aliphatic heterocycles. The summed E-state index contributed by atoms with van der Waals surface area (Å²) in [7, 11) is 0. The molecule has 0 fully saturated rings. The highest BCUT2D eigenvalue weighted by molar-refractivity contribution is 9.10. The van der Waals surface area contributed by atoms with Crippen LogP contribution in [0.4, 0.5) is 4.39 Å². The highest BCUT2D eigenvalue weighted by Gasteiger charge is 1.99. The summed E-state index contributed by atoms with van der Waals surface area (Å²) in [5, 5.41) is 3.31. The van der Waals surface area contributed by atoms with E-state index in [1.165, 1.54) is 25.0 Å². The topological polar surface area (TPSA) is 21.3 Å². The lowest BCUT2D eigenvalue weighted by Gasteiger charge is -2.09. The average Bonchev–Trinajstić information content (AvgIpc) is 2.26. The molecule has 0 aromatic heterocycles. The third kappa shape index (κ3) is 6.97. The number of hydrogen-bond donors (Lipinski definition) is 1. The first-order chi connectivity index (χ1) is 8.58. The van der Waals surface area contributed by atoms with Crippen molar-refractivity contribution in [2.45, 2.75) is 26.7 Å². The van der Waals surface area contributed by atoms with E-state index in [-0.39, 0.29) is 5.82 Å². The largest absolute Gasteiger partial charge is 0.492 e. The fraction of sp³-hybridized carbons (Fsp3) is 0.571. The van der Waals surface area contributed by atoms with Crippen molar-refractivity contribution in [3.05, 3.63) is 28.5 Å². The van der Waals surface area contributed by atoms with E-state index in [2.05, 4.69) is 35.1 Å². The molecule has 0 radical (unpaired) electrons. The molecule has 1 aromatic rings. The van der Waals surface area contributed by atoms with E-state index in [1.54, 1.807) is 6.07 Å². The van der Waals surface area contributed by atoms with Gasteiger partial charge >= 0.3 is 0 Å². The van der Waals surface area contributed by atoms with E-state index in [9.17, 15) is 4.39 Å². The van der Waals surface area contributed by atoms with Crippen molar-refractivity contribution in [1.29, 1.82) is 0 Å². The molecule has 2 nitrogen and oxygen atoms in total. The molecule has 0 heterocycles. The number of nitrogens with one attached hydrogen (secondary N) is 1. The number of ether oxygens (including phenoxy) is 1. The fourth-order valence-corrected chi connectivity index (χ4v) is 2.06. The lowest BCUT2D eigenvalue weighted by Crippen LogP contribution is -2.22. The van der Waals surface area contributed by atoms with Gasteiger partial charge in [-0.05, 0) is 37.4 Å². The van der Waals surface area contributed by atoms with Gasteiger partial charge in [-0.3, -0.25) is 0 Å². The Hall–Kier alpha value is -0.610. The molecular formula is C14H21BrFNO. The third-order valence-corrected chi connectivity index (χ3v) is 2.98. The Morgan fingerprint density at radius 1 is 1.28 bits per heavy atom. The molecule has 0 atom stereocenters. The quantitative estimate of drug-likeness (QED) is 0.732. The lowest BCUT2D eigenvalue weighted by atomic mass is 10.1. The third-order valence-electron chi connectivity index (χ3n) is 2.52. The van der Waals surface area contributed by atoms with Crippen molar-refractivity contribution in [2.24, 2.45) is 5.92 Å². The summed E-state index contributed by atoms with van der Waals surface area (Å²) in [4.78, 5) is 0. The van der Waals surface area contributed by atoms with Gasteiger partial charge < -0.3 is 10.1 Å². The summed E-state index contributed by atoms with van der Waals surface area (Å²) in [6, 6.07) is 4.57. The molecule has 1 rings (SSSR count). The van der Waals surface area contributed by atoms with Gasteiger partial charge in [-0.25, -0.2) is 4.39 Å². The molecular weight excluding hydrogens is 297 g/mol. The van der Waals surface area contributed by atoms with Crippen LogP contribution in [-0.4, -0.2) is 19.7 Å². The van der Waals surface area contributed by atoms with Gasteiger partial charge in [-0.2, -0.15) is 0 Å². The van der Waals surface area contributed by atoms with Gasteiger partial charge in [0, 0.05) is 17.1 Å². The molecule has 0 spiro atoms. The van der Waals surface area contributed by atoms with Crippen molar-refractivity contribution in [3.8, 4) is 5.75 Å². The van der Waals surface area contributed by atoms with Gasteiger partial charge in [-0.15, -0.1) is 0 Å². The Morgan fingerprint density at radius 3 is 2.72 bits per heavy atom. The fourth-order valence-electron chi connectivity index (χ4n) is 1.61. The molecule has 0 aliphatic rings. The second-order valence-corrected chi connectivity index (χ2v) is 5.66. The van der Waals surface area contributed by atoms with Gasteiger partial charge in [-0.1, -0.05) is 29.8 Å². The number of halogens is 2. The smallest absolute Gasteiger partial charge is 0.128 e. The van der Waals surface area contributed by atoms with Crippen molar-refractivity contribution >= 4 is 15.9 Å². The molecule has 0 saturated heterocycles. The van der Waals surface area contributed by atoms with Gasteiger partial charge in [0.2, 0.25) is 0 Å². The van der Waals surface area contributed by atoms with Crippen LogP contribution in [0.3, 0.4) is 0 Å². The first-order valence-corrected chi connectivity index (χ1v) is 7.17. The minimum atomic E-state index is -0.288. The van der Waals surface area contributed by atoms with Crippen LogP contribution in [0, 0.1) is 11.7 Å². The second-order valence-electron chi connectivity index (χ2n) is 4.74. The zero-order valence-electron chi connectivity index (χ0n) is 11.0. The summed E-state index contributed by atoms with van der Waals surface area (Å²) >= 11 is 3.23. The van der Waals surface area contributed by atoms with Gasteiger partial charge in [0.15, 0.2) is 0 Å². The van der Waals surface area contributed by atoms with Crippen molar-refractivity contribution in [1.82, 2.24) is 5.32 Å². The van der Waals surface area contributed by atoms with Crippen molar-refractivity contribution in [3.63, 3.8) is 0 Å². The Morgan fingerprint density at radius 2 is 2.06 bits per heavy atom. The predicted molar refractivity (Wildman–Crippen MR) is 76.5 cm³/mol. The molecule has 0 saturated carbocycles. The number of hydrogen-bond acceptors (Lipinski definition) is 2. The first-order valence-electron chi connectivity index (χ1n) is 6.37. The number of rotatable bonds is 8. The summed E-state index contributed by atoms with van der Waals surface area (Å²) < 4.78 is 19.2. The van der Waals surface area contributed by atoms with Crippen LogP contribution in [0.15, 0.2) is 22.7 Å². The normalized spacial score (nSPS) is 10.9. The Bertz CT molecular complexity index is 337. The Labute approximate surface area is 117 Å². The van der Waals surface area contributed by atoms with E-state index in [0.717, 1.165) is 19.0 Å². The predicted octanol–water partition coefficient (Wildman–Crippen LogP) is 3.99. The van der Waals surface area contributed by atoms with Gasteiger partial charge in [0.05, 0.1) is 0 Å². The molecule has 4 heteroatoms.